The Balaban J connectivity index is 2.66. The third-order valence-corrected chi connectivity index (χ3v) is 2.41. The molecule has 1 unspecified atom stereocenters. The fraction of sp³-hybridized carbons (Fsp3) is 0.222. The molecule has 0 spiro atoms. The summed E-state index contributed by atoms with van der Waals surface area (Å²) in [5.74, 6) is 0.558. The normalized spacial score (nSPS) is 12.5. The van der Waals surface area contributed by atoms with Crippen LogP contribution < -0.4 is 0 Å². The van der Waals surface area contributed by atoms with Gasteiger partial charge in [-0.25, -0.2) is 0 Å². The van der Waals surface area contributed by atoms with E-state index < -0.39 is 0 Å². The Morgan fingerprint density at radius 2 is 2.00 bits per heavy atom. The molecule has 64 valence electrons. The second-order valence-electron chi connectivity index (χ2n) is 2.49. The molecule has 0 bridgehead atoms. The maximum Gasteiger partial charge on any atom is 0.213 e. The van der Waals surface area contributed by atoms with Crippen LogP contribution in [-0.4, -0.2) is 17.8 Å². The molecule has 1 aromatic rings. The smallest absolute Gasteiger partial charge is 0.213 e. The standard InChI is InChI=1S/C9H10ClOS/c1-12(10)7-9(11)8-5-3-2-4-6-8/h2-6H,7H2,1H3/q+1. The maximum atomic E-state index is 11.4. The van der Waals surface area contributed by atoms with Gasteiger partial charge < -0.3 is 0 Å². The molecule has 0 fully saturated rings. The van der Waals surface area contributed by atoms with Crippen molar-refractivity contribution in [3.05, 3.63) is 35.9 Å². The van der Waals surface area contributed by atoms with Crippen LogP contribution in [0.25, 0.3) is 0 Å². The van der Waals surface area contributed by atoms with E-state index in [1.807, 2.05) is 36.6 Å². The van der Waals surface area contributed by atoms with E-state index in [0.717, 1.165) is 5.56 Å². The van der Waals surface area contributed by atoms with Crippen molar-refractivity contribution < 1.29 is 4.79 Å². The molecule has 1 atom stereocenters. The number of Topliss-reactive ketones (excluding diaryl/α,β-unsaturated/α-hetero) is 1. The van der Waals surface area contributed by atoms with Gasteiger partial charge in [0, 0.05) is 5.56 Å². The lowest BCUT2D eigenvalue weighted by Crippen LogP contribution is -2.10. The molecule has 0 N–H and O–H groups in total. The van der Waals surface area contributed by atoms with E-state index >= 15 is 0 Å². The van der Waals surface area contributed by atoms with Gasteiger partial charge in [0.1, 0.15) is 16.4 Å². The van der Waals surface area contributed by atoms with E-state index in [1.54, 1.807) is 0 Å². The summed E-state index contributed by atoms with van der Waals surface area (Å²) in [5, 5.41) is 0. The van der Waals surface area contributed by atoms with Crippen LogP contribution in [0, 0.1) is 0 Å². The van der Waals surface area contributed by atoms with E-state index in [0.29, 0.717) is 5.75 Å². The molecule has 0 amide bonds. The highest BCUT2D eigenvalue weighted by atomic mass is 35.7. The Labute approximate surface area is 79.6 Å². The van der Waals surface area contributed by atoms with Gasteiger partial charge in [0.05, 0.1) is 0 Å². The quantitative estimate of drug-likeness (QED) is 0.542. The molecule has 12 heavy (non-hydrogen) atoms. The summed E-state index contributed by atoms with van der Waals surface area (Å²) in [6.45, 7) is 0. The van der Waals surface area contributed by atoms with Crippen LogP contribution in [0.2, 0.25) is 0 Å². The highest BCUT2D eigenvalue weighted by Crippen LogP contribution is 2.05. The molecule has 0 aromatic heterocycles. The zero-order chi connectivity index (χ0) is 8.97. The average Bonchev–Trinajstić information content (AvgIpc) is 2.05. The first kappa shape index (κ1) is 9.62. The number of ketones is 1. The number of carbonyl (C=O) groups excluding carboxylic acids is 1. The third kappa shape index (κ3) is 2.88. The molecule has 0 saturated heterocycles. The SMILES string of the molecule is C[S+](Cl)CC(=O)c1ccccc1. The number of hydrogen-bond acceptors (Lipinski definition) is 1. The Hall–Kier alpha value is -0.470. The van der Waals surface area contributed by atoms with Crippen molar-refractivity contribution in [2.75, 3.05) is 12.0 Å². The number of carbonyl (C=O) groups is 1. The van der Waals surface area contributed by atoms with Gasteiger partial charge in [-0.2, -0.15) is 0 Å². The van der Waals surface area contributed by atoms with Crippen LogP contribution in [0.3, 0.4) is 0 Å². The molecule has 1 aromatic carbocycles. The molecule has 1 rings (SSSR count). The molecule has 0 radical (unpaired) electrons. The molecule has 0 heterocycles. The molecule has 0 saturated carbocycles. The number of halogens is 1. The van der Waals surface area contributed by atoms with Crippen molar-refractivity contribution in [2.45, 2.75) is 0 Å². The largest absolute Gasteiger partial charge is 0.289 e. The third-order valence-electron chi connectivity index (χ3n) is 1.43. The van der Waals surface area contributed by atoms with Gasteiger partial charge in [-0.1, -0.05) is 30.3 Å². The fourth-order valence-corrected chi connectivity index (χ4v) is 1.71. The predicted molar refractivity (Wildman–Crippen MR) is 54.8 cm³/mol. The average molecular weight is 202 g/mol. The van der Waals surface area contributed by atoms with Crippen LogP contribution in [-0.2, 0) is 10.1 Å². The first-order valence-corrected chi connectivity index (χ1v) is 6.20. The molecule has 1 nitrogen and oxygen atoms in total. The second kappa shape index (κ2) is 4.53. The summed E-state index contributed by atoms with van der Waals surface area (Å²) in [6.07, 6.45) is 1.85. The van der Waals surface area contributed by atoms with E-state index in [4.69, 9.17) is 10.7 Å². The number of hydrogen-bond donors (Lipinski definition) is 0. The Kier molecular flexibility index (Phi) is 3.63. The lowest BCUT2D eigenvalue weighted by Gasteiger charge is -1.94. The minimum absolute atomic E-state index is 0.122. The lowest BCUT2D eigenvalue weighted by atomic mass is 10.2. The molecule has 0 aliphatic heterocycles. The topological polar surface area (TPSA) is 17.1 Å². The molecule has 3 heteroatoms. The zero-order valence-corrected chi connectivity index (χ0v) is 8.36. The maximum absolute atomic E-state index is 11.4. The van der Waals surface area contributed by atoms with Crippen molar-refractivity contribution in [1.82, 2.24) is 0 Å². The van der Waals surface area contributed by atoms with Crippen molar-refractivity contribution in [3.63, 3.8) is 0 Å². The number of rotatable bonds is 3. The van der Waals surface area contributed by atoms with Crippen LogP contribution in [0.4, 0.5) is 0 Å². The van der Waals surface area contributed by atoms with E-state index in [2.05, 4.69) is 0 Å². The summed E-state index contributed by atoms with van der Waals surface area (Å²) in [7, 11) is 5.41. The van der Waals surface area contributed by atoms with E-state index in [1.165, 1.54) is 0 Å². The van der Waals surface area contributed by atoms with Crippen LogP contribution in [0.1, 0.15) is 10.4 Å². The van der Waals surface area contributed by atoms with Crippen molar-refractivity contribution >= 4 is 26.6 Å². The van der Waals surface area contributed by atoms with Crippen LogP contribution in [0.5, 0.6) is 0 Å². The van der Waals surface area contributed by atoms with Crippen molar-refractivity contribution in [3.8, 4) is 0 Å². The Bertz CT molecular complexity index is 258. The summed E-state index contributed by atoms with van der Waals surface area (Å²) in [4.78, 5) is 11.4. The van der Waals surface area contributed by atoms with E-state index in [-0.39, 0.29) is 15.9 Å². The summed E-state index contributed by atoms with van der Waals surface area (Å²) < 4.78 is 0. The van der Waals surface area contributed by atoms with Gasteiger partial charge in [0.15, 0.2) is 16.4 Å². The van der Waals surface area contributed by atoms with Crippen LogP contribution in [0.15, 0.2) is 30.3 Å². The molecule has 0 aliphatic rings. The molecule has 0 aliphatic carbocycles. The minimum Gasteiger partial charge on any atom is -0.289 e. The highest BCUT2D eigenvalue weighted by molar-refractivity contribution is 8.18. The predicted octanol–water partition coefficient (Wildman–Crippen LogP) is 2.27. The zero-order valence-electron chi connectivity index (χ0n) is 6.79. The summed E-state index contributed by atoms with van der Waals surface area (Å²) in [5.41, 5.74) is 0.748. The lowest BCUT2D eigenvalue weighted by molar-refractivity contribution is 0.102. The van der Waals surface area contributed by atoms with Gasteiger partial charge in [0.25, 0.3) is 0 Å². The Morgan fingerprint density at radius 3 is 2.50 bits per heavy atom. The molecular formula is C9H10ClOS+. The number of benzene rings is 1. The van der Waals surface area contributed by atoms with Crippen LogP contribution >= 0.6 is 10.7 Å². The Morgan fingerprint density at radius 1 is 1.42 bits per heavy atom. The summed E-state index contributed by atoms with van der Waals surface area (Å²) in [6, 6.07) is 9.23. The van der Waals surface area contributed by atoms with Gasteiger partial charge in [-0.05, 0) is 0 Å². The van der Waals surface area contributed by atoms with Crippen molar-refractivity contribution in [1.29, 1.82) is 0 Å². The van der Waals surface area contributed by atoms with E-state index in [9.17, 15) is 4.79 Å². The van der Waals surface area contributed by atoms with Gasteiger partial charge in [-0.15, -0.1) is 0 Å². The fourth-order valence-electron chi connectivity index (χ4n) is 0.888. The monoisotopic (exact) mass is 201 g/mol. The van der Waals surface area contributed by atoms with Gasteiger partial charge >= 0.3 is 0 Å². The minimum atomic E-state index is -0.323. The summed E-state index contributed by atoms with van der Waals surface area (Å²) >= 11 is 0. The van der Waals surface area contributed by atoms with Crippen molar-refractivity contribution in [2.24, 2.45) is 0 Å². The first-order chi connectivity index (χ1) is 5.70. The molecular weight excluding hydrogens is 192 g/mol. The second-order valence-corrected chi connectivity index (χ2v) is 5.46. The first-order valence-electron chi connectivity index (χ1n) is 3.57. The van der Waals surface area contributed by atoms with Gasteiger partial charge in [0.2, 0.25) is 5.78 Å². The highest BCUT2D eigenvalue weighted by Gasteiger charge is 2.15. The van der Waals surface area contributed by atoms with Gasteiger partial charge in [-0.3, -0.25) is 4.79 Å².